The van der Waals surface area contributed by atoms with Crippen molar-refractivity contribution in [1.82, 2.24) is 9.88 Å². The maximum absolute atomic E-state index is 14.3. The van der Waals surface area contributed by atoms with Crippen molar-refractivity contribution in [2.75, 3.05) is 18.9 Å². The number of likely N-dealkylation sites (tertiary alicyclic amines) is 1. The van der Waals surface area contributed by atoms with Crippen LogP contribution in [0.3, 0.4) is 0 Å². The molecule has 0 radical (unpaired) electrons. The first-order valence-electron chi connectivity index (χ1n) is 10.8. The monoisotopic (exact) mass is 494 g/mol. The first kappa shape index (κ1) is 24.1. The molecule has 0 aliphatic carbocycles. The van der Waals surface area contributed by atoms with Gasteiger partial charge in [-0.1, -0.05) is 6.07 Å². The summed E-state index contributed by atoms with van der Waals surface area (Å²) in [5, 5.41) is 2.64. The standard InChI is InChI=1S/C25H23FN4O4S/c1-30-15-3-5-24(30)29-35(32,33)21-10-8-19(9-11-21)28-25(31)13-7-18-6-12-23(22(26)16-18)34-20-4-2-14-27-17-20/h2,4,6-14,16-17H,3,5,15H2,1H3,(H,28,31)/b13-7+,29-24+. The van der Waals surface area contributed by atoms with Gasteiger partial charge in [0.1, 0.15) is 11.6 Å². The molecular formula is C25H23FN4O4S. The lowest BCUT2D eigenvalue weighted by Gasteiger charge is -2.11. The number of halogens is 1. The topological polar surface area (TPSA) is 101 Å². The molecule has 2 aromatic carbocycles. The van der Waals surface area contributed by atoms with Gasteiger partial charge in [0.2, 0.25) is 5.91 Å². The van der Waals surface area contributed by atoms with Crippen molar-refractivity contribution in [2.45, 2.75) is 17.7 Å². The quantitative estimate of drug-likeness (QED) is 0.486. The first-order valence-corrected chi connectivity index (χ1v) is 12.3. The van der Waals surface area contributed by atoms with Crippen molar-refractivity contribution in [1.29, 1.82) is 0 Å². The van der Waals surface area contributed by atoms with Crippen LogP contribution in [0.2, 0.25) is 0 Å². The highest BCUT2D eigenvalue weighted by Crippen LogP contribution is 2.25. The second-order valence-corrected chi connectivity index (χ2v) is 9.44. The number of aromatic nitrogens is 1. The van der Waals surface area contributed by atoms with E-state index < -0.39 is 21.7 Å². The molecule has 3 aromatic rings. The van der Waals surface area contributed by atoms with E-state index in [2.05, 4.69) is 14.7 Å². The van der Waals surface area contributed by atoms with Crippen LogP contribution in [0.15, 0.2) is 82.4 Å². The van der Waals surface area contributed by atoms with E-state index in [-0.39, 0.29) is 10.6 Å². The zero-order chi connectivity index (χ0) is 24.8. The van der Waals surface area contributed by atoms with Crippen LogP contribution in [-0.4, -0.2) is 43.6 Å². The van der Waals surface area contributed by atoms with Gasteiger partial charge in [0.05, 0.1) is 11.1 Å². The van der Waals surface area contributed by atoms with E-state index in [0.717, 1.165) is 13.0 Å². The molecule has 35 heavy (non-hydrogen) atoms. The molecule has 0 atom stereocenters. The van der Waals surface area contributed by atoms with Gasteiger partial charge in [0, 0.05) is 38.0 Å². The van der Waals surface area contributed by atoms with Gasteiger partial charge < -0.3 is 15.0 Å². The summed E-state index contributed by atoms with van der Waals surface area (Å²) in [5.41, 5.74) is 0.879. The number of hydrogen-bond donors (Lipinski definition) is 1. The van der Waals surface area contributed by atoms with E-state index in [1.54, 1.807) is 24.4 Å². The van der Waals surface area contributed by atoms with Crippen molar-refractivity contribution in [3.63, 3.8) is 0 Å². The highest BCUT2D eigenvalue weighted by atomic mass is 32.2. The highest BCUT2D eigenvalue weighted by molar-refractivity contribution is 7.90. The summed E-state index contributed by atoms with van der Waals surface area (Å²) in [7, 11) is -2.01. The predicted octanol–water partition coefficient (Wildman–Crippen LogP) is 4.48. The number of carbonyl (C=O) groups excluding carboxylic acids is 1. The third kappa shape index (κ3) is 6.30. The third-order valence-corrected chi connectivity index (χ3v) is 6.54. The number of benzene rings is 2. The molecule has 4 rings (SSSR count). The molecule has 10 heteroatoms. The molecule has 1 fully saturated rings. The predicted molar refractivity (Wildman–Crippen MR) is 131 cm³/mol. The Kier molecular flexibility index (Phi) is 7.21. The van der Waals surface area contributed by atoms with Crippen LogP contribution in [0.4, 0.5) is 10.1 Å². The molecule has 0 saturated carbocycles. The summed E-state index contributed by atoms with van der Waals surface area (Å²) in [5.74, 6) is -0.0451. The Morgan fingerprint density at radius 2 is 2.00 bits per heavy atom. The maximum Gasteiger partial charge on any atom is 0.283 e. The van der Waals surface area contributed by atoms with Crippen LogP contribution in [0.25, 0.3) is 6.08 Å². The SMILES string of the molecule is CN1CCC/C1=N\S(=O)(=O)c1ccc(NC(=O)/C=C/c2ccc(Oc3cccnc3)c(F)c2)cc1. The number of carbonyl (C=O) groups is 1. The molecule has 1 saturated heterocycles. The number of amides is 1. The van der Waals surface area contributed by atoms with Crippen LogP contribution >= 0.6 is 0 Å². The fourth-order valence-corrected chi connectivity index (χ4v) is 4.50. The van der Waals surface area contributed by atoms with E-state index in [4.69, 9.17) is 4.74 Å². The Balaban J connectivity index is 1.37. The molecule has 1 amide bonds. The first-order chi connectivity index (χ1) is 16.8. The van der Waals surface area contributed by atoms with Crippen LogP contribution in [0.1, 0.15) is 18.4 Å². The minimum atomic E-state index is -3.83. The van der Waals surface area contributed by atoms with Gasteiger partial charge in [-0.2, -0.15) is 8.42 Å². The van der Waals surface area contributed by atoms with Crippen LogP contribution in [-0.2, 0) is 14.8 Å². The Labute approximate surface area is 202 Å². The van der Waals surface area contributed by atoms with Crippen LogP contribution in [0, 0.1) is 5.82 Å². The van der Waals surface area contributed by atoms with Gasteiger partial charge in [-0.15, -0.1) is 4.40 Å². The average Bonchev–Trinajstić information content (AvgIpc) is 3.24. The van der Waals surface area contributed by atoms with Crippen molar-refractivity contribution in [3.8, 4) is 11.5 Å². The number of anilines is 1. The molecule has 2 heterocycles. The maximum atomic E-state index is 14.3. The van der Waals surface area contributed by atoms with Crippen molar-refractivity contribution >= 4 is 33.5 Å². The summed E-state index contributed by atoms with van der Waals surface area (Å²) in [4.78, 5) is 18.0. The molecule has 1 aromatic heterocycles. The Morgan fingerprint density at radius 1 is 1.20 bits per heavy atom. The minimum absolute atomic E-state index is 0.0411. The lowest BCUT2D eigenvalue weighted by molar-refractivity contribution is -0.111. The summed E-state index contributed by atoms with van der Waals surface area (Å²) >= 11 is 0. The second-order valence-electron chi connectivity index (χ2n) is 7.84. The Hall–Kier alpha value is -4.05. The number of sulfonamides is 1. The number of pyridine rings is 1. The number of ether oxygens (including phenoxy) is 1. The molecule has 180 valence electrons. The zero-order valence-corrected chi connectivity index (χ0v) is 19.7. The van der Waals surface area contributed by atoms with E-state index in [9.17, 15) is 17.6 Å². The number of amidine groups is 1. The van der Waals surface area contributed by atoms with E-state index in [1.807, 2.05) is 11.9 Å². The van der Waals surface area contributed by atoms with Gasteiger partial charge in [-0.05, 0) is 66.6 Å². The Morgan fingerprint density at radius 3 is 2.66 bits per heavy atom. The molecule has 0 bridgehead atoms. The van der Waals surface area contributed by atoms with Gasteiger partial charge >= 0.3 is 0 Å². The molecule has 1 aliphatic rings. The van der Waals surface area contributed by atoms with E-state index in [0.29, 0.717) is 29.3 Å². The minimum Gasteiger partial charge on any atom is -0.453 e. The average molecular weight is 495 g/mol. The number of nitrogens with one attached hydrogen (secondary N) is 1. The smallest absolute Gasteiger partial charge is 0.283 e. The lowest BCUT2D eigenvalue weighted by atomic mass is 10.2. The number of hydrogen-bond acceptors (Lipinski definition) is 5. The zero-order valence-electron chi connectivity index (χ0n) is 18.9. The van der Waals surface area contributed by atoms with Crippen molar-refractivity contribution < 1.29 is 22.3 Å². The van der Waals surface area contributed by atoms with Gasteiger partial charge in [0.15, 0.2) is 11.6 Å². The Bertz CT molecular complexity index is 1370. The molecule has 0 spiro atoms. The fraction of sp³-hybridized carbons (Fsp3) is 0.160. The molecule has 1 N–H and O–H groups in total. The summed E-state index contributed by atoms with van der Waals surface area (Å²) in [6.45, 7) is 0.781. The molecule has 1 aliphatic heterocycles. The molecule has 8 nitrogen and oxygen atoms in total. The summed E-state index contributed by atoms with van der Waals surface area (Å²) < 4.78 is 48.8. The molecular weight excluding hydrogens is 471 g/mol. The fourth-order valence-electron chi connectivity index (χ4n) is 3.41. The summed E-state index contributed by atoms with van der Waals surface area (Å²) in [6.07, 6.45) is 7.27. The third-order valence-electron chi connectivity index (χ3n) is 5.23. The normalized spacial score (nSPS) is 15.0. The molecule has 0 unspecified atom stereocenters. The summed E-state index contributed by atoms with van der Waals surface area (Å²) in [6, 6.07) is 13.4. The number of rotatable bonds is 7. The van der Waals surface area contributed by atoms with Crippen molar-refractivity contribution in [2.24, 2.45) is 4.40 Å². The van der Waals surface area contributed by atoms with Gasteiger partial charge in [-0.25, -0.2) is 4.39 Å². The highest BCUT2D eigenvalue weighted by Gasteiger charge is 2.20. The second kappa shape index (κ2) is 10.5. The van der Waals surface area contributed by atoms with Gasteiger partial charge in [0.25, 0.3) is 10.0 Å². The largest absolute Gasteiger partial charge is 0.453 e. The lowest BCUT2D eigenvalue weighted by Crippen LogP contribution is -2.20. The van der Waals surface area contributed by atoms with E-state index in [1.165, 1.54) is 54.7 Å². The number of nitrogens with zero attached hydrogens (tertiary/aromatic N) is 3. The van der Waals surface area contributed by atoms with E-state index >= 15 is 0 Å². The van der Waals surface area contributed by atoms with Gasteiger partial charge in [-0.3, -0.25) is 9.78 Å². The van der Waals surface area contributed by atoms with Crippen LogP contribution < -0.4 is 10.1 Å². The van der Waals surface area contributed by atoms with Crippen molar-refractivity contribution in [3.05, 3.63) is 84.4 Å². The van der Waals surface area contributed by atoms with Crippen LogP contribution in [0.5, 0.6) is 11.5 Å².